The Bertz CT molecular complexity index is 532. The molecule has 1 aromatic carbocycles. The van der Waals surface area contributed by atoms with Crippen molar-refractivity contribution in [3.63, 3.8) is 0 Å². The van der Waals surface area contributed by atoms with Crippen molar-refractivity contribution in [3.05, 3.63) is 29.3 Å². The van der Waals surface area contributed by atoms with Crippen molar-refractivity contribution in [1.29, 1.82) is 0 Å². The predicted octanol–water partition coefficient (Wildman–Crippen LogP) is 3.98. The van der Waals surface area contributed by atoms with Crippen molar-refractivity contribution in [2.75, 3.05) is 11.9 Å². The summed E-state index contributed by atoms with van der Waals surface area (Å²) in [5.74, 6) is -0.974. The Morgan fingerprint density at radius 1 is 1.33 bits per heavy atom. The topological polar surface area (TPSA) is 43.4 Å². The highest BCUT2D eigenvalue weighted by Crippen LogP contribution is 2.39. The summed E-state index contributed by atoms with van der Waals surface area (Å²) in [5, 5.41) is 0.140. The van der Waals surface area contributed by atoms with Crippen LogP contribution in [0.5, 0.6) is 0 Å². The highest BCUT2D eigenvalue weighted by molar-refractivity contribution is 9.09. The second-order valence-corrected chi connectivity index (χ2v) is 5.62. The first kappa shape index (κ1) is 18.0. The highest BCUT2D eigenvalue weighted by atomic mass is 79.9. The maximum atomic E-state index is 12.5. The largest absolute Gasteiger partial charge is 0.462 e. The van der Waals surface area contributed by atoms with Gasteiger partial charge in [-0.25, -0.2) is 4.79 Å². The normalized spacial score (nSPS) is 11.3. The van der Waals surface area contributed by atoms with Gasteiger partial charge in [0, 0.05) is 11.3 Å². The molecule has 116 valence electrons. The Hall–Kier alpha value is -1.02. The van der Waals surface area contributed by atoms with E-state index in [1.165, 1.54) is 18.2 Å². The van der Waals surface area contributed by atoms with Gasteiger partial charge < -0.3 is 4.74 Å². The van der Waals surface area contributed by atoms with E-state index < -0.39 is 11.5 Å². The van der Waals surface area contributed by atoms with Gasteiger partial charge in [-0.15, -0.1) is 0 Å². The lowest BCUT2D eigenvalue weighted by molar-refractivity contribution is -0.115. The predicted molar refractivity (Wildman–Crippen MR) is 76.8 cm³/mol. The zero-order chi connectivity index (χ0) is 16.0. The maximum absolute atomic E-state index is 12.5. The van der Waals surface area contributed by atoms with Gasteiger partial charge in [0.2, 0.25) is 0 Å². The molecule has 0 bridgehead atoms. The molecule has 3 nitrogen and oxygen atoms in total. The van der Waals surface area contributed by atoms with E-state index >= 15 is 0 Å². The van der Waals surface area contributed by atoms with E-state index in [1.54, 1.807) is 6.92 Å². The van der Waals surface area contributed by atoms with E-state index in [1.807, 2.05) is 0 Å². The van der Waals surface area contributed by atoms with Crippen molar-refractivity contribution in [2.24, 2.45) is 0 Å². The SMILES string of the molecule is CCOC(=O)c1cc(CC(=O)CBr)ccc1SC(F)(F)F. The van der Waals surface area contributed by atoms with Crippen LogP contribution in [0, 0.1) is 0 Å². The monoisotopic (exact) mass is 384 g/mol. The molecule has 0 spiro atoms. The number of halogens is 4. The molecule has 0 aromatic heterocycles. The van der Waals surface area contributed by atoms with Crippen molar-refractivity contribution in [2.45, 2.75) is 23.7 Å². The lowest BCUT2D eigenvalue weighted by atomic mass is 10.1. The van der Waals surface area contributed by atoms with Crippen LogP contribution in [0.3, 0.4) is 0 Å². The number of ketones is 1. The van der Waals surface area contributed by atoms with E-state index in [4.69, 9.17) is 4.74 Å². The fourth-order valence-electron chi connectivity index (χ4n) is 1.54. The number of esters is 1. The summed E-state index contributed by atoms with van der Waals surface area (Å²) in [6.45, 7) is 1.62. The van der Waals surface area contributed by atoms with Crippen LogP contribution in [-0.4, -0.2) is 29.2 Å². The quantitative estimate of drug-likeness (QED) is 0.422. The summed E-state index contributed by atoms with van der Waals surface area (Å²) in [7, 11) is 0. The third kappa shape index (κ3) is 6.09. The molecule has 0 radical (unpaired) electrons. The molecule has 0 saturated carbocycles. The minimum absolute atomic E-state index is 0.0363. The second kappa shape index (κ2) is 7.84. The first-order chi connectivity index (χ1) is 9.76. The summed E-state index contributed by atoms with van der Waals surface area (Å²) in [6, 6.07) is 3.85. The van der Waals surface area contributed by atoms with Crippen LogP contribution in [0.4, 0.5) is 13.2 Å². The van der Waals surface area contributed by atoms with Crippen molar-refractivity contribution >= 4 is 39.4 Å². The number of carbonyl (C=O) groups is 2. The fraction of sp³-hybridized carbons (Fsp3) is 0.385. The molecule has 21 heavy (non-hydrogen) atoms. The highest BCUT2D eigenvalue weighted by Gasteiger charge is 2.31. The Balaban J connectivity index is 3.13. The number of ether oxygens (including phenoxy) is 1. The van der Waals surface area contributed by atoms with E-state index in [0.29, 0.717) is 5.56 Å². The summed E-state index contributed by atoms with van der Waals surface area (Å²) < 4.78 is 42.2. The molecule has 0 saturated heterocycles. The van der Waals surface area contributed by atoms with Crippen LogP contribution in [-0.2, 0) is 16.0 Å². The molecular formula is C13H12BrF3O3S. The Labute approximate surface area is 132 Å². The van der Waals surface area contributed by atoms with Crippen LogP contribution < -0.4 is 0 Å². The molecule has 0 atom stereocenters. The van der Waals surface area contributed by atoms with Crippen molar-refractivity contribution in [3.8, 4) is 0 Å². The van der Waals surface area contributed by atoms with Gasteiger partial charge in [0.1, 0.15) is 5.78 Å². The van der Waals surface area contributed by atoms with Crippen LogP contribution >= 0.6 is 27.7 Å². The summed E-state index contributed by atoms with van der Waals surface area (Å²) in [6.07, 6.45) is 0.0363. The number of hydrogen-bond acceptors (Lipinski definition) is 4. The van der Waals surface area contributed by atoms with Gasteiger partial charge in [0.05, 0.1) is 17.5 Å². The third-order valence-corrected chi connectivity index (χ3v) is 3.75. The zero-order valence-corrected chi connectivity index (χ0v) is 13.4. The Kier molecular flexibility index (Phi) is 6.73. The van der Waals surface area contributed by atoms with Gasteiger partial charge >= 0.3 is 11.5 Å². The van der Waals surface area contributed by atoms with Crippen LogP contribution in [0.15, 0.2) is 23.1 Å². The minimum Gasteiger partial charge on any atom is -0.462 e. The van der Waals surface area contributed by atoms with E-state index in [-0.39, 0.29) is 46.4 Å². The fourth-order valence-corrected chi connectivity index (χ4v) is 2.38. The molecule has 0 aliphatic heterocycles. The van der Waals surface area contributed by atoms with Gasteiger partial charge in [-0.3, -0.25) is 4.79 Å². The van der Waals surface area contributed by atoms with Crippen LogP contribution in [0.25, 0.3) is 0 Å². The molecule has 0 amide bonds. The van der Waals surface area contributed by atoms with Gasteiger partial charge in [0.25, 0.3) is 0 Å². The Morgan fingerprint density at radius 2 is 2.00 bits per heavy atom. The van der Waals surface area contributed by atoms with Gasteiger partial charge in [-0.05, 0) is 36.4 Å². The molecule has 0 unspecified atom stereocenters. The van der Waals surface area contributed by atoms with Crippen LogP contribution in [0.2, 0.25) is 0 Å². The van der Waals surface area contributed by atoms with E-state index in [2.05, 4.69) is 15.9 Å². The maximum Gasteiger partial charge on any atom is 0.446 e. The smallest absolute Gasteiger partial charge is 0.446 e. The summed E-state index contributed by atoms with van der Waals surface area (Å²) in [4.78, 5) is 22.9. The molecule has 0 fully saturated rings. The molecule has 8 heteroatoms. The minimum atomic E-state index is -4.51. The molecule has 0 aliphatic carbocycles. The summed E-state index contributed by atoms with van der Waals surface area (Å²) in [5.41, 5.74) is -4.22. The van der Waals surface area contributed by atoms with Crippen LogP contribution in [0.1, 0.15) is 22.8 Å². The number of rotatable bonds is 6. The number of hydrogen-bond donors (Lipinski definition) is 0. The summed E-state index contributed by atoms with van der Waals surface area (Å²) >= 11 is 2.62. The average molecular weight is 385 g/mol. The lowest BCUT2D eigenvalue weighted by Gasteiger charge is -2.12. The standard InChI is InChI=1S/C13H12BrF3O3S/c1-2-20-12(19)10-6-8(5-9(18)7-14)3-4-11(10)21-13(15,16)17/h3-4,6H,2,5,7H2,1H3. The lowest BCUT2D eigenvalue weighted by Crippen LogP contribution is -2.11. The molecule has 1 aromatic rings. The van der Waals surface area contributed by atoms with E-state index in [9.17, 15) is 22.8 Å². The second-order valence-electron chi connectivity index (χ2n) is 3.95. The van der Waals surface area contributed by atoms with E-state index in [0.717, 1.165) is 0 Å². The molecule has 0 aliphatic rings. The van der Waals surface area contributed by atoms with Gasteiger partial charge in [-0.1, -0.05) is 22.0 Å². The first-order valence-electron chi connectivity index (χ1n) is 5.90. The third-order valence-electron chi connectivity index (χ3n) is 2.32. The number of carbonyl (C=O) groups excluding carboxylic acids is 2. The van der Waals surface area contributed by atoms with Crippen molar-refractivity contribution < 1.29 is 27.5 Å². The molecule has 0 heterocycles. The molecular weight excluding hydrogens is 373 g/mol. The number of benzene rings is 1. The number of thioether (sulfide) groups is 1. The Morgan fingerprint density at radius 3 is 2.52 bits per heavy atom. The average Bonchev–Trinajstić information content (AvgIpc) is 2.39. The first-order valence-corrected chi connectivity index (χ1v) is 7.84. The van der Waals surface area contributed by atoms with Gasteiger partial charge in [-0.2, -0.15) is 13.2 Å². The van der Waals surface area contributed by atoms with Crippen molar-refractivity contribution in [1.82, 2.24) is 0 Å². The molecule has 1 rings (SSSR count). The zero-order valence-electron chi connectivity index (χ0n) is 11.0. The number of alkyl halides is 4. The molecule has 0 N–H and O–H groups in total. The number of Topliss-reactive ketones (excluding diaryl/α,β-unsaturated/α-hetero) is 1. The van der Waals surface area contributed by atoms with Gasteiger partial charge in [0.15, 0.2) is 0 Å².